The van der Waals surface area contributed by atoms with Crippen molar-refractivity contribution in [1.29, 1.82) is 0 Å². The van der Waals surface area contributed by atoms with Gasteiger partial charge in [-0.3, -0.25) is 0 Å². The molecule has 1 N–H and O–H groups in total. The van der Waals surface area contributed by atoms with Gasteiger partial charge in [-0.1, -0.05) is 6.07 Å². The molecule has 1 fully saturated rings. The number of pyridine rings is 1. The average Bonchev–Trinajstić information content (AvgIpc) is 2.83. The van der Waals surface area contributed by atoms with E-state index >= 15 is 0 Å². The summed E-state index contributed by atoms with van der Waals surface area (Å²) in [5, 5.41) is 3.94. The highest BCUT2D eigenvalue weighted by Crippen LogP contribution is 2.26. The van der Waals surface area contributed by atoms with Crippen LogP contribution in [0.5, 0.6) is 0 Å². The number of nitrogens with zero attached hydrogens (tertiary/aromatic N) is 2. The molecule has 0 amide bonds. The molecule has 3 nitrogen and oxygen atoms in total. The Balaban J connectivity index is 1.49. The van der Waals surface area contributed by atoms with Gasteiger partial charge in [0.25, 0.3) is 0 Å². The Morgan fingerprint density at radius 3 is 2.89 bits per heavy atom. The van der Waals surface area contributed by atoms with Crippen molar-refractivity contribution in [3.05, 3.63) is 36.3 Å². The lowest BCUT2D eigenvalue weighted by atomic mass is 9.89. The van der Waals surface area contributed by atoms with Crippen LogP contribution in [0.2, 0.25) is 0 Å². The lowest BCUT2D eigenvalue weighted by Crippen LogP contribution is -2.26. The molecule has 1 saturated carbocycles. The van der Waals surface area contributed by atoms with Crippen LogP contribution < -0.4 is 5.32 Å². The molecule has 1 aliphatic carbocycles. The Kier molecular flexibility index (Phi) is 4.04. The average molecular weight is 278 g/mol. The number of rotatable bonds is 4. The van der Waals surface area contributed by atoms with E-state index in [2.05, 4.69) is 20.9 Å². The number of fused-ring (bicyclic) bond motifs is 1. The lowest BCUT2D eigenvalue weighted by molar-refractivity contribution is 0.345. The normalized spacial score (nSPS) is 23.8. The molecule has 2 aromatic heterocycles. The van der Waals surface area contributed by atoms with Crippen molar-refractivity contribution in [2.45, 2.75) is 37.6 Å². The van der Waals surface area contributed by atoms with Crippen LogP contribution in [0.3, 0.4) is 0 Å². The molecule has 102 valence electrons. The van der Waals surface area contributed by atoms with Gasteiger partial charge in [0.1, 0.15) is 5.65 Å². The van der Waals surface area contributed by atoms with Crippen LogP contribution >= 0.6 is 11.6 Å². The molecule has 0 spiro atoms. The number of hydrogen-bond acceptors (Lipinski definition) is 2. The fraction of sp³-hybridized carbons (Fsp3) is 0.533. The second kappa shape index (κ2) is 5.93. The molecule has 1 aliphatic rings. The third-order valence-corrected chi connectivity index (χ3v) is 4.37. The maximum atomic E-state index is 6.12. The van der Waals surface area contributed by atoms with Crippen LogP contribution in [-0.2, 0) is 6.54 Å². The van der Waals surface area contributed by atoms with Crippen molar-refractivity contribution < 1.29 is 0 Å². The number of halogens is 1. The number of nitrogens with one attached hydrogen (secondary N) is 1. The molecule has 0 aromatic carbocycles. The zero-order valence-corrected chi connectivity index (χ0v) is 11.8. The van der Waals surface area contributed by atoms with Gasteiger partial charge in [-0.2, -0.15) is 0 Å². The second-order valence-corrected chi connectivity index (χ2v) is 6.06. The fourth-order valence-corrected chi connectivity index (χ4v) is 3.05. The van der Waals surface area contributed by atoms with Crippen molar-refractivity contribution in [1.82, 2.24) is 14.7 Å². The van der Waals surface area contributed by atoms with Crippen molar-refractivity contribution in [2.24, 2.45) is 5.92 Å². The summed E-state index contributed by atoms with van der Waals surface area (Å²) in [6.45, 7) is 1.93. The van der Waals surface area contributed by atoms with Gasteiger partial charge < -0.3 is 9.72 Å². The molecule has 0 aliphatic heterocycles. The summed E-state index contributed by atoms with van der Waals surface area (Å²) >= 11 is 6.12. The van der Waals surface area contributed by atoms with Gasteiger partial charge in [-0.05, 0) is 50.3 Å². The van der Waals surface area contributed by atoms with Crippen molar-refractivity contribution in [3.63, 3.8) is 0 Å². The van der Waals surface area contributed by atoms with Crippen molar-refractivity contribution in [2.75, 3.05) is 6.54 Å². The molecule has 0 radical (unpaired) electrons. The predicted molar refractivity (Wildman–Crippen MR) is 78.5 cm³/mol. The molecule has 3 rings (SSSR count). The third kappa shape index (κ3) is 3.28. The van der Waals surface area contributed by atoms with Gasteiger partial charge in [-0.25, -0.2) is 4.98 Å². The van der Waals surface area contributed by atoms with Gasteiger partial charge in [0.15, 0.2) is 0 Å². The van der Waals surface area contributed by atoms with Crippen molar-refractivity contribution in [3.8, 4) is 0 Å². The van der Waals surface area contributed by atoms with Crippen LogP contribution in [0, 0.1) is 5.92 Å². The first-order chi connectivity index (χ1) is 9.31. The number of imidazole rings is 1. The van der Waals surface area contributed by atoms with E-state index in [4.69, 9.17) is 11.6 Å². The SMILES string of the molecule is ClC1CCC(CNCc2cn3ccccc3n2)CC1. The van der Waals surface area contributed by atoms with Crippen LogP contribution in [0.1, 0.15) is 31.4 Å². The molecule has 4 heteroatoms. The summed E-state index contributed by atoms with van der Waals surface area (Å²) in [5.41, 5.74) is 2.12. The first-order valence-electron chi connectivity index (χ1n) is 7.08. The molecule has 0 atom stereocenters. The summed E-state index contributed by atoms with van der Waals surface area (Å²) < 4.78 is 2.07. The van der Waals surface area contributed by atoms with E-state index in [0.29, 0.717) is 5.38 Å². The topological polar surface area (TPSA) is 29.3 Å². The minimum Gasteiger partial charge on any atom is -0.311 e. The van der Waals surface area contributed by atoms with Crippen LogP contribution in [-0.4, -0.2) is 21.3 Å². The Bertz CT molecular complexity index is 496. The Morgan fingerprint density at radius 1 is 1.26 bits per heavy atom. The highest BCUT2D eigenvalue weighted by molar-refractivity contribution is 6.20. The van der Waals surface area contributed by atoms with E-state index in [1.54, 1.807) is 0 Å². The second-order valence-electron chi connectivity index (χ2n) is 5.45. The Hall–Kier alpha value is -1.06. The molecule has 19 heavy (non-hydrogen) atoms. The number of hydrogen-bond donors (Lipinski definition) is 1. The van der Waals surface area contributed by atoms with Crippen molar-refractivity contribution >= 4 is 17.2 Å². The molecule has 2 aromatic rings. The first-order valence-corrected chi connectivity index (χ1v) is 7.52. The highest BCUT2D eigenvalue weighted by atomic mass is 35.5. The first kappa shape index (κ1) is 12.9. The minimum atomic E-state index is 0.412. The third-order valence-electron chi connectivity index (χ3n) is 3.93. The maximum Gasteiger partial charge on any atom is 0.137 e. The van der Waals surface area contributed by atoms with Gasteiger partial charge in [0, 0.05) is 24.3 Å². The van der Waals surface area contributed by atoms with Crippen LogP contribution in [0.25, 0.3) is 5.65 Å². The molecule has 0 bridgehead atoms. The lowest BCUT2D eigenvalue weighted by Gasteiger charge is -2.24. The van der Waals surface area contributed by atoms with E-state index < -0.39 is 0 Å². The Morgan fingerprint density at radius 2 is 2.11 bits per heavy atom. The summed E-state index contributed by atoms with van der Waals surface area (Å²) in [5.74, 6) is 0.784. The summed E-state index contributed by atoms with van der Waals surface area (Å²) in [6.07, 6.45) is 8.98. The van der Waals surface area contributed by atoms with E-state index in [1.807, 2.05) is 24.4 Å². The van der Waals surface area contributed by atoms with E-state index in [0.717, 1.165) is 30.3 Å². The molecule has 0 saturated heterocycles. The van der Waals surface area contributed by atoms with Gasteiger partial charge >= 0.3 is 0 Å². The molecular formula is C15H20ClN3. The molecule has 0 unspecified atom stereocenters. The largest absolute Gasteiger partial charge is 0.311 e. The quantitative estimate of drug-likeness (QED) is 0.870. The predicted octanol–water partition coefficient (Wildman–Crippen LogP) is 3.22. The summed E-state index contributed by atoms with van der Waals surface area (Å²) in [7, 11) is 0. The molecule has 2 heterocycles. The maximum absolute atomic E-state index is 6.12. The molecular weight excluding hydrogens is 258 g/mol. The van der Waals surface area contributed by atoms with E-state index in [9.17, 15) is 0 Å². The standard InChI is InChI=1S/C15H20ClN3/c16-13-6-4-12(5-7-13)9-17-10-14-11-19-8-2-1-3-15(19)18-14/h1-3,8,11-13,17H,4-7,9-10H2. The zero-order chi connectivity index (χ0) is 13.1. The van der Waals surface area contributed by atoms with E-state index in [-0.39, 0.29) is 0 Å². The Labute approximate surface area is 119 Å². The van der Waals surface area contributed by atoms with E-state index in [1.165, 1.54) is 25.7 Å². The van der Waals surface area contributed by atoms with Gasteiger partial charge in [-0.15, -0.1) is 11.6 Å². The minimum absolute atomic E-state index is 0.412. The van der Waals surface area contributed by atoms with Gasteiger partial charge in [0.05, 0.1) is 5.69 Å². The number of aromatic nitrogens is 2. The fourth-order valence-electron chi connectivity index (χ4n) is 2.80. The number of alkyl halides is 1. The zero-order valence-electron chi connectivity index (χ0n) is 11.1. The van der Waals surface area contributed by atoms with Gasteiger partial charge in [0.2, 0.25) is 0 Å². The highest BCUT2D eigenvalue weighted by Gasteiger charge is 2.18. The monoisotopic (exact) mass is 277 g/mol. The van der Waals surface area contributed by atoms with Crippen LogP contribution in [0.15, 0.2) is 30.6 Å². The van der Waals surface area contributed by atoms with Crippen LogP contribution in [0.4, 0.5) is 0 Å². The summed E-state index contributed by atoms with van der Waals surface area (Å²) in [6, 6.07) is 6.08. The summed E-state index contributed by atoms with van der Waals surface area (Å²) in [4.78, 5) is 4.59. The smallest absolute Gasteiger partial charge is 0.137 e.